The molecule has 2 atom stereocenters. The van der Waals surface area contributed by atoms with E-state index in [1.54, 1.807) is 0 Å². The average Bonchev–Trinajstić information content (AvgIpc) is 3.09. The SMILES string of the molecule is O=C1CC[C@@H](C(=O)N[C@@H](C(=O)O)C(c2ccccc2)c2ccccc2)N1. The van der Waals surface area contributed by atoms with Crippen molar-refractivity contribution < 1.29 is 19.5 Å². The van der Waals surface area contributed by atoms with Gasteiger partial charge in [-0.3, -0.25) is 9.59 Å². The van der Waals surface area contributed by atoms with E-state index in [1.807, 2.05) is 60.7 Å². The molecule has 1 aliphatic rings. The third kappa shape index (κ3) is 3.91. The van der Waals surface area contributed by atoms with Crippen LogP contribution in [0.3, 0.4) is 0 Å². The maximum Gasteiger partial charge on any atom is 0.327 e. The van der Waals surface area contributed by atoms with E-state index >= 15 is 0 Å². The molecule has 26 heavy (non-hydrogen) atoms. The number of carboxylic acid groups (broad SMARTS) is 1. The van der Waals surface area contributed by atoms with Crippen molar-refractivity contribution in [2.75, 3.05) is 0 Å². The summed E-state index contributed by atoms with van der Waals surface area (Å²) >= 11 is 0. The normalized spacial score (nSPS) is 17.6. The summed E-state index contributed by atoms with van der Waals surface area (Å²) in [4.78, 5) is 35.8. The van der Waals surface area contributed by atoms with Gasteiger partial charge in [0.2, 0.25) is 11.8 Å². The zero-order valence-electron chi connectivity index (χ0n) is 14.1. The molecule has 2 amide bonds. The van der Waals surface area contributed by atoms with E-state index in [4.69, 9.17) is 0 Å². The van der Waals surface area contributed by atoms with Crippen LogP contribution in [-0.2, 0) is 14.4 Å². The fraction of sp³-hybridized carbons (Fsp3) is 0.250. The topological polar surface area (TPSA) is 95.5 Å². The largest absolute Gasteiger partial charge is 0.480 e. The predicted octanol–water partition coefficient (Wildman–Crippen LogP) is 1.67. The summed E-state index contributed by atoms with van der Waals surface area (Å²) in [5.41, 5.74) is 1.59. The van der Waals surface area contributed by atoms with Crippen molar-refractivity contribution in [3.63, 3.8) is 0 Å². The minimum Gasteiger partial charge on any atom is -0.480 e. The molecule has 0 spiro atoms. The summed E-state index contributed by atoms with van der Waals surface area (Å²) in [6, 6.07) is 16.6. The van der Waals surface area contributed by atoms with Gasteiger partial charge in [0.1, 0.15) is 12.1 Å². The average molecular weight is 352 g/mol. The Bertz CT molecular complexity index is 752. The van der Waals surface area contributed by atoms with Gasteiger partial charge in [0, 0.05) is 12.3 Å². The molecule has 0 radical (unpaired) electrons. The van der Waals surface area contributed by atoms with Gasteiger partial charge in [-0.2, -0.15) is 0 Å². The molecule has 3 rings (SSSR count). The summed E-state index contributed by atoms with van der Waals surface area (Å²) in [7, 11) is 0. The molecule has 1 heterocycles. The summed E-state index contributed by atoms with van der Waals surface area (Å²) in [5, 5.41) is 15.0. The molecule has 3 N–H and O–H groups in total. The van der Waals surface area contributed by atoms with E-state index in [-0.39, 0.29) is 12.3 Å². The third-order valence-electron chi connectivity index (χ3n) is 4.53. The Morgan fingerprint density at radius 2 is 1.54 bits per heavy atom. The van der Waals surface area contributed by atoms with Crippen molar-refractivity contribution in [3.05, 3.63) is 71.8 Å². The second kappa shape index (κ2) is 7.82. The second-order valence-corrected chi connectivity index (χ2v) is 6.28. The summed E-state index contributed by atoms with van der Waals surface area (Å²) < 4.78 is 0. The van der Waals surface area contributed by atoms with Crippen LogP contribution < -0.4 is 10.6 Å². The Hall–Kier alpha value is -3.15. The molecule has 0 aliphatic carbocycles. The van der Waals surface area contributed by atoms with Gasteiger partial charge in [-0.25, -0.2) is 4.79 Å². The van der Waals surface area contributed by atoms with Gasteiger partial charge < -0.3 is 15.7 Å². The van der Waals surface area contributed by atoms with Crippen LogP contribution in [0.5, 0.6) is 0 Å². The van der Waals surface area contributed by atoms with Gasteiger partial charge in [-0.05, 0) is 17.5 Å². The smallest absolute Gasteiger partial charge is 0.327 e. The van der Waals surface area contributed by atoms with Crippen LogP contribution in [0.15, 0.2) is 60.7 Å². The van der Waals surface area contributed by atoms with Crippen LogP contribution >= 0.6 is 0 Å². The van der Waals surface area contributed by atoms with E-state index in [2.05, 4.69) is 10.6 Å². The minimum absolute atomic E-state index is 0.195. The summed E-state index contributed by atoms with van der Waals surface area (Å²) in [6.45, 7) is 0. The van der Waals surface area contributed by atoms with E-state index in [1.165, 1.54) is 0 Å². The molecule has 134 valence electrons. The molecule has 0 aromatic heterocycles. The second-order valence-electron chi connectivity index (χ2n) is 6.28. The van der Waals surface area contributed by atoms with E-state index in [0.29, 0.717) is 6.42 Å². The number of rotatable bonds is 6. The number of carbonyl (C=O) groups excluding carboxylic acids is 2. The maximum absolute atomic E-state index is 12.5. The quantitative estimate of drug-likeness (QED) is 0.737. The lowest BCUT2D eigenvalue weighted by atomic mass is 9.85. The number of nitrogens with one attached hydrogen (secondary N) is 2. The highest BCUT2D eigenvalue weighted by molar-refractivity contribution is 5.93. The number of amides is 2. The molecule has 1 aliphatic heterocycles. The number of aliphatic carboxylic acids is 1. The van der Waals surface area contributed by atoms with Crippen molar-refractivity contribution in [3.8, 4) is 0 Å². The van der Waals surface area contributed by atoms with Crippen molar-refractivity contribution in [1.82, 2.24) is 10.6 Å². The van der Waals surface area contributed by atoms with Crippen LogP contribution in [-0.4, -0.2) is 35.0 Å². The lowest BCUT2D eigenvalue weighted by molar-refractivity contribution is -0.142. The van der Waals surface area contributed by atoms with Crippen molar-refractivity contribution >= 4 is 17.8 Å². The number of hydrogen-bond donors (Lipinski definition) is 3. The van der Waals surface area contributed by atoms with Gasteiger partial charge >= 0.3 is 5.97 Å². The van der Waals surface area contributed by atoms with Crippen LogP contribution in [0, 0.1) is 0 Å². The fourth-order valence-electron chi connectivity index (χ4n) is 3.25. The van der Waals surface area contributed by atoms with Crippen LogP contribution in [0.4, 0.5) is 0 Å². The van der Waals surface area contributed by atoms with Crippen molar-refractivity contribution in [2.24, 2.45) is 0 Å². The summed E-state index contributed by atoms with van der Waals surface area (Å²) in [6.07, 6.45) is 0.648. The molecule has 0 bridgehead atoms. The third-order valence-corrected chi connectivity index (χ3v) is 4.53. The number of hydrogen-bond acceptors (Lipinski definition) is 3. The zero-order valence-corrected chi connectivity index (χ0v) is 14.1. The van der Waals surface area contributed by atoms with Crippen LogP contribution in [0.1, 0.15) is 29.9 Å². The highest BCUT2D eigenvalue weighted by atomic mass is 16.4. The van der Waals surface area contributed by atoms with E-state index in [9.17, 15) is 19.5 Å². The highest BCUT2D eigenvalue weighted by Gasteiger charge is 2.35. The Balaban J connectivity index is 1.92. The van der Waals surface area contributed by atoms with Gasteiger partial charge in [-0.1, -0.05) is 60.7 Å². The van der Waals surface area contributed by atoms with Gasteiger partial charge in [0.15, 0.2) is 0 Å². The number of carbonyl (C=O) groups is 3. The molecule has 0 saturated carbocycles. The molecule has 2 aromatic carbocycles. The molecule has 0 unspecified atom stereocenters. The monoisotopic (exact) mass is 352 g/mol. The first-order valence-corrected chi connectivity index (χ1v) is 8.48. The fourth-order valence-corrected chi connectivity index (χ4v) is 3.25. The first kappa shape index (κ1) is 17.7. The predicted molar refractivity (Wildman–Crippen MR) is 95.5 cm³/mol. The van der Waals surface area contributed by atoms with Gasteiger partial charge in [-0.15, -0.1) is 0 Å². The van der Waals surface area contributed by atoms with Crippen LogP contribution in [0.2, 0.25) is 0 Å². The first-order chi connectivity index (χ1) is 12.6. The molecular weight excluding hydrogens is 332 g/mol. The lowest BCUT2D eigenvalue weighted by Crippen LogP contribution is -2.51. The standard InChI is InChI=1S/C20H20N2O4/c23-16-12-11-15(21-16)19(24)22-18(20(25)26)17(13-7-3-1-4-8-13)14-9-5-2-6-10-14/h1-10,15,17-18H,11-12H2,(H,21,23)(H,22,24)(H,25,26)/t15-,18+/m0/s1. The van der Waals surface area contributed by atoms with Crippen molar-refractivity contribution in [1.29, 1.82) is 0 Å². The molecular formula is C20H20N2O4. The maximum atomic E-state index is 12.5. The highest BCUT2D eigenvalue weighted by Crippen LogP contribution is 2.28. The van der Waals surface area contributed by atoms with Gasteiger partial charge in [0.05, 0.1) is 0 Å². The number of benzene rings is 2. The Morgan fingerprint density at radius 1 is 1.00 bits per heavy atom. The Kier molecular flexibility index (Phi) is 5.31. The Morgan fingerprint density at radius 3 is 1.96 bits per heavy atom. The molecule has 6 nitrogen and oxygen atoms in total. The van der Waals surface area contributed by atoms with E-state index < -0.39 is 29.9 Å². The van der Waals surface area contributed by atoms with Crippen molar-refractivity contribution in [2.45, 2.75) is 30.8 Å². The first-order valence-electron chi connectivity index (χ1n) is 8.48. The lowest BCUT2D eigenvalue weighted by Gasteiger charge is -2.27. The van der Waals surface area contributed by atoms with Crippen LogP contribution in [0.25, 0.3) is 0 Å². The minimum atomic E-state index is -1.15. The molecule has 1 saturated heterocycles. The van der Waals surface area contributed by atoms with E-state index in [0.717, 1.165) is 11.1 Å². The zero-order chi connectivity index (χ0) is 18.5. The Labute approximate surface area is 151 Å². The number of carboxylic acids is 1. The molecule has 2 aromatic rings. The molecule has 1 fully saturated rings. The molecule has 6 heteroatoms. The van der Waals surface area contributed by atoms with Gasteiger partial charge in [0.25, 0.3) is 0 Å². The summed E-state index contributed by atoms with van der Waals surface area (Å²) in [5.74, 6) is -2.34.